The molecular weight excluding hydrogens is 321 g/mol. The molecule has 0 saturated carbocycles. The van der Waals surface area contributed by atoms with Gasteiger partial charge in [-0.15, -0.1) is 11.8 Å². The summed E-state index contributed by atoms with van der Waals surface area (Å²) in [5, 5.41) is 5.59. The van der Waals surface area contributed by atoms with Crippen LogP contribution in [0, 0.1) is 0 Å². The number of fused-ring (bicyclic) bond motifs is 1. The summed E-state index contributed by atoms with van der Waals surface area (Å²) in [6, 6.07) is 14.6. The SMILES string of the molecule is CC(NCC1Cc2ccccc2S1)c1ccc(Cl)cc1Cl. The Kier molecular flexibility index (Phi) is 4.80. The summed E-state index contributed by atoms with van der Waals surface area (Å²) in [6.07, 6.45) is 1.13. The highest BCUT2D eigenvalue weighted by Crippen LogP contribution is 2.36. The molecule has 1 heterocycles. The van der Waals surface area contributed by atoms with Crippen LogP contribution in [0.1, 0.15) is 24.1 Å². The molecule has 0 aromatic heterocycles. The van der Waals surface area contributed by atoms with Crippen LogP contribution in [0.3, 0.4) is 0 Å². The van der Waals surface area contributed by atoms with E-state index in [-0.39, 0.29) is 6.04 Å². The summed E-state index contributed by atoms with van der Waals surface area (Å²) in [5.41, 5.74) is 2.56. The van der Waals surface area contributed by atoms with E-state index in [0.717, 1.165) is 23.6 Å². The van der Waals surface area contributed by atoms with Gasteiger partial charge in [-0.3, -0.25) is 0 Å². The van der Waals surface area contributed by atoms with E-state index in [1.807, 2.05) is 23.9 Å². The Labute approximate surface area is 140 Å². The van der Waals surface area contributed by atoms with Gasteiger partial charge in [-0.05, 0) is 42.7 Å². The lowest BCUT2D eigenvalue weighted by Gasteiger charge is -2.18. The fraction of sp³-hybridized carbons (Fsp3) is 0.294. The van der Waals surface area contributed by atoms with Crippen molar-refractivity contribution in [3.63, 3.8) is 0 Å². The maximum atomic E-state index is 6.26. The number of halogens is 2. The number of hydrogen-bond donors (Lipinski definition) is 1. The summed E-state index contributed by atoms with van der Waals surface area (Å²) in [7, 11) is 0. The first-order valence-corrected chi connectivity index (χ1v) is 8.70. The smallest absolute Gasteiger partial charge is 0.0468 e. The molecule has 0 radical (unpaired) electrons. The van der Waals surface area contributed by atoms with Gasteiger partial charge < -0.3 is 5.32 Å². The van der Waals surface area contributed by atoms with E-state index in [0.29, 0.717) is 10.3 Å². The molecule has 0 bridgehead atoms. The second-order valence-electron chi connectivity index (χ2n) is 5.35. The van der Waals surface area contributed by atoms with Crippen molar-refractivity contribution in [3.8, 4) is 0 Å². The van der Waals surface area contributed by atoms with Crippen molar-refractivity contribution in [1.29, 1.82) is 0 Å². The highest BCUT2D eigenvalue weighted by molar-refractivity contribution is 8.00. The lowest BCUT2D eigenvalue weighted by atomic mass is 10.1. The molecule has 2 aromatic rings. The van der Waals surface area contributed by atoms with Crippen LogP contribution in [0.5, 0.6) is 0 Å². The molecule has 1 aliphatic heterocycles. The zero-order valence-corrected chi connectivity index (χ0v) is 14.1. The van der Waals surface area contributed by atoms with Gasteiger partial charge >= 0.3 is 0 Å². The minimum Gasteiger partial charge on any atom is -0.309 e. The molecule has 1 nitrogen and oxygen atoms in total. The molecule has 0 aliphatic carbocycles. The fourth-order valence-electron chi connectivity index (χ4n) is 2.64. The minimum atomic E-state index is 0.221. The van der Waals surface area contributed by atoms with Gasteiger partial charge in [0.1, 0.15) is 0 Å². The molecule has 1 aliphatic rings. The van der Waals surface area contributed by atoms with Crippen molar-refractivity contribution in [3.05, 3.63) is 63.6 Å². The van der Waals surface area contributed by atoms with Crippen LogP contribution in [-0.4, -0.2) is 11.8 Å². The molecule has 1 N–H and O–H groups in total. The van der Waals surface area contributed by atoms with Gasteiger partial charge in [-0.1, -0.05) is 47.5 Å². The summed E-state index contributed by atoms with van der Waals surface area (Å²) < 4.78 is 0. The van der Waals surface area contributed by atoms with E-state index in [1.54, 1.807) is 6.07 Å². The maximum absolute atomic E-state index is 6.26. The quantitative estimate of drug-likeness (QED) is 0.805. The summed E-state index contributed by atoms with van der Waals surface area (Å²) in [4.78, 5) is 1.42. The van der Waals surface area contributed by atoms with Crippen LogP contribution in [0.2, 0.25) is 10.0 Å². The molecule has 0 spiro atoms. The first-order valence-electron chi connectivity index (χ1n) is 7.06. The van der Waals surface area contributed by atoms with E-state index < -0.39 is 0 Å². The van der Waals surface area contributed by atoms with Crippen molar-refractivity contribution in [2.45, 2.75) is 29.5 Å². The normalized spacial score (nSPS) is 18.5. The molecule has 4 heteroatoms. The third-order valence-corrected chi connectivity index (χ3v) is 5.68. The van der Waals surface area contributed by atoms with Crippen LogP contribution in [0.15, 0.2) is 47.4 Å². The zero-order chi connectivity index (χ0) is 14.8. The van der Waals surface area contributed by atoms with Gasteiger partial charge in [0, 0.05) is 32.8 Å². The van der Waals surface area contributed by atoms with Crippen molar-refractivity contribution < 1.29 is 0 Å². The van der Waals surface area contributed by atoms with Crippen molar-refractivity contribution in [1.82, 2.24) is 5.32 Å². The minimum absolute atomic E-state index is 0.221. The Balaban J connectivity index is 1.59. The summed E-state index contributed by atoms with van der Waals surface area (Å²) in [5.74, 6) is 0. The molecule has 0 amide bonds. The molecule has 2 aromatic carbocycles. The van der Waals surface area contributed by atoms with E-state index in [1.165, 1.54) is 10.5 Å². The molecule has 3 rings (SSSR count). The van der Waals surface area contributed by atoms with E-state index >= 15 is 0 Å². The Morgan fingerprint density at radius 1 is 1.24 bits per heavy atom. The lowest BCUT2D eigenvalue weighted by Crippen LogP contribution is -2.27. The number of rotatable bonds is 4. The lowest BCUT2D eigenvalue weighted by molar-refractivity contribution is 0.567. The Morgan fingerprint density at radius 3 is 2.81 bits per heavy atom. The first-order chi connectivity index (χ1) is 10.1. The van der Waals surface area contributed by atoms with Gasteiger partial charge in [-0.2, -0.15) is 0 Å². The molecule has 0 fully saturated rings. The van der Waals surface area contributed by atoms with E-state index in [4.69, 9.17) is 23.2 Å². The Morgan fingerprint density at radius 2 is 2.05 bits per heavy atom. The van der Waals surface area contributed by atoms with Gasteiger partial charge in [0.25, 0.3) is 0 Å². The van der Waals surface area contributed by atoms with E-state index in [9.17, 15) is 0 Å². The second kappa shape index (κ2) is 6.62. The monoisotopic (exact) mass is 337 g/mol. The summed E-state index contributed by atoms with van der Waals surface area (Å²) in [6.45, 7) is 3.11. The van der Waals surface area contributed by atoms with Crippen LogP contribution < -0.4 is 5.32 Å². The van der Waals surface area contributed by atoms with Crippen LogP contribution in [0.4, 0.5) is 0 Å². The number of thioether (sulfide) groups is 1. The summed E-state index contributed by atoms with van der Waals surface area (Å²) >= 11 is 14.2. The Hall–Kier alpha value is -0.670. The molecule has 2 atom stereocenters. The maximum Gasteiger partial charge on any atom is 0.0468 e. The number of nitrogens with one attached hydrogen (secondary N) is 1. The number of hydrogen-bond acceptors (Lipinski definition) is 2. The van der Waals surface area contributed by atoms with Gasteiger partial charge in [-0.25, -0.2) is 0 Å². The van der Waals surface area contributed by atoms with Crippen molar-refractivity contribution >= 4 is 35.0 Å². The van der Waals surface area contributed by atoms with Crippen LogP contribution >= 0.6 is 35.0 Å². The topological polar surface area (TPSA) is 12.0 Å². The molecular formula is C17H17Cl2NS. The largest absolute Gasteiger partial charge is 0.309 e. The van der Waals surface area contributed by atoms with E-state index in [2.05, 4.69) is 36.5 Å². The van der Waals surface area contributed by atoms with Gasteiger partial charge in [0.15, 0.2) is 0 Å². The zero-order valence-electron chi connectivity index (χ0n) is 11.8. The highest BCUT2D eigenvalue weighted by Gasteiger charge is 2.22. The molecule has 0 saturated heterocycles. The standard InChI is InChI=1S/C17H17Cl2NS/c1-11(15-7-6-13(18)9-16(15)19)20-10-14-8-12-4-2-3-5-17(12)21-14/h2-7,9,11,14,20H,8,10H2,1H3. The third kappa shape index (κ3) is 3.57. The van der Waals surface area contributed by atoms with Crippen LogP contribution in [-0.2, 0) is 6.42 Å². The number of benzene rings is 2. The molecule has 21 heavy (non-hydrogen) atoms. The highest BCUT2D eigenvalue weighted by atomic mass is 35.5. The molecule has 110 valence electrons. The second-order valence-corrected chi connectivity index (χ2v) is 7.53. The molecule has 2 unspecified atom stereocenters. The van der Waals surface area contributed by atoms with Crippen LogP contribution in [0.25, 0.3) is 0 Å². The third-order valence-electron chi connectivity index (χ3n) is 3.79. The van der Waals surface area contributed by atoms with Gasteiger partial charge in [0.2, 0.25) is 0 Å². The predicted molar refractivity (Wildman–Crippen MR) is 92.7 cm³/mol. The van der Waals surface area contributed by atoms with Gasteiger partial charge in [0.05, 0.1) is 0 Å². The van der Waals surface area contributed by atoms with Crippen molar-refractivity contribution in [2.75, 3.05) is 6.54 Å². The fourth-order valence-corrected chi connectivity index (χ4v) is 4.47. The average Bonchev–Trinajstić information content (AvgIpc) is 2.87. The predicted octanol–water partition coefficient (Wildman–Crippen LogP) is 5.36. The van der Waals surface area contributed by atoms with Crippen molar-refractivity contribution in [2.24, 2.45) is 0 Å². The first kappa shape index (κ1) is 15.2. The average molecular weight is 338 g/mol. The Bertz CT molecular complexity index is 619.